The average molecular weight is 455 g/mol. The molecule has 0 saturated carbocycles. The van der Waals surface area contributed by atoms with E-state index in [0.29, 0.717) is 39.1 Å². The zero-order valence-corrected chi connectivity index (χ0v) is 18.4. The Morgan fingerprint density at radius 2 is 2.00 bits per heavy atom. The Hall–Kier alpha value is -3.31. The fourth-order valence-electron chi connectivity index (χ4n) is 4.29. The van der Waals surface area contributed by atoms with E-state index >= 15 is 0 Å². The third-order valence-electron chi connectivity index (χ3n) is 6.12. The minimum absolute atomic E-state index is 0.0609. The van der Waals surface area contributed by atoms with E-state index < -0.39 is 24.3 Å². The van der Waals surface area contributed by atoms with Crippen LogP contribution in [-0.4, -0.2) is 79.0 Å². The predicted octanol–water partition coefficient (Wildman–Crippen LogP) is 0.633. The molecule has 0 radical (unpaired) electrons. The number of benzene rings is 1. The summed E-state index contributed by atoms with van der Waals surface area (Å²) in [6.45, 7) is 2.50. The van der Waals surface area contributed by atoms with Gasteiger partial charge in [0.05, 0.1) is 18.3 Å². The topological polar surface area (TPSA) is 104 Å². The lowest BCUT2D eigenvalue weighted by molar-refractivity contribution is 0.0578. The van der Waals surface area contributed by atoms with E-state index in [-0.39, 0.29) is 5.82 Å². The van der Waals surface area contributed by atoms with Crippen molar-refractivity contribution in [3.05, 3.63) is 59.8 Å². The van der Waals surface area contributed by atoms with E-state index in [4.69, 9.17) is 0 Å². The van der Waals surface area contributed by atoms with Crippen molar-refractivity contribution in [1.82, 2.24) is 34.8 Å². The van der Waals surface area contributed by atoms with Gasteiger partial charge in [-0.05, 0) is 12.0 Å². The molecule has 174 valence electrons. The number of nitrogens with one attached hydrogen (secondary N) is 1. The quantitative estimate of drug-likeness (QED) is 0.563. The Kier molecular flexibility index (Phi) is 5.81. The Labute approximate surface area is 190 Å². The van der Waals surface area contributed by atoms with Gasteiger partial charge in [-0.25, -0.2) is 18.7 Å². The summed E-state index contributed by atoms with van der Waals surface area (Å²) in [5.41, 5.74) is 1.90. The highest BCUT2D eigenvalue weighted by molar-refractivity contribution is 5.90. The summed E-state index contributed by atoms with van der Waals surface area (Å²) < 4.78 is 16.5. The molecule has 0 aliphatic carbocycles. The maximum absolute atomic E-state index is 13.1. The molecule has 2 atom stereocenters. The second kappa shape index (κ2) is 8.91. The number of likely N-dealkylation sites (N-methyl/N-ethyl adjacent to an activating group) is 1. The molecule has 1 amide bonds. The number of aliphatic hydroxyl groups is 1. The monoisotopic (exact) mass is 454 g/mol. The summed E-state index contributed by atoms with van der Waals surface area (Å²) in [5.74, 6) is 0.389. The first-order valence-corrected chi connectivity index (χ1v) is 11.0. The van der Waals surface area contributed by atoms with Crippen LogP contribution >= 0.6 is 0 Å². The first-order chi connectivity index (χ1) is 16.0. The number of anilines is 1. The number of amides is 1. The van der Waals surface area contributed by atoms with E-state index in [1.807, 2.05) is 46.0 Å². The maximum Gasteiger partial charge on any atom is 0.291 e. The minimum Gasteiger partial charge on any atom is -0.371 e. The number of alkyl halides is 1. The number of carbonyl (C=O) groups is 1. The molecule has 3 aromatic rings. The van der Waals surface area contributed by atoms with Crippen molar-refractivity contribution in [1.29, 1.82) is 0 Å². The molecule has 4 heterocycles. The van der Waals surface area contributed by atoms with Crippen molar-refractivity contribution in [3.8, 4) is 0 Å². The number of halogens is 1. The van der Waals surface area contributed by atoms with Gasteiger partial charge in [-0.1, -0.05) is 30.3 Å². The summed E-state index contributed by atoms with van der Waals surface area (Å²) in [7, 11) is 1.76. The van der Waals surface area contributed by atoms with Crippen LogP contribution in [0.3, 0.4) is 0 Å². The van der Waals surface area contributed by atoms with Gasteiger partial charge < -0.3 is 15.3 Å². The van der Waals surface area contributed by atoms with Crippen LogP contribution in [0.15, 0.2) is 42.7 Å². The van der Waals surface area contributed by atoms with Gasteiger partial charge in [0.1, 0.15) is 24.5 Å². The van der Waals surface area contributed by atoms with Crippen molar-refractivity contribution >= 4 is 11.7 Å². The van der Waals surface area contributed by atoms with Crippen molar-refractivity contribution in [3.63, 3.8) is 0 Å². The van der Waals surface area contributed by atoms with Gasteiger partial charge in [0.2, 0.25) is 5.82 Å². The highest BCUT2D eigenvalue weighted by Crippen LogP contribution is 2.25. The zero-order valence-electron chi connectivity index (χ0n) is 18.4. The summed E-state index contributed by atoms with van der Waals surface area (Å²) in [5, 5.41) is 22.7. The van der Waals surface area contributed by atoms with Gasteiger partial charge in [0, 0.05) is 39.3 Å². The van der Waals surface area contributed by atoms with Crippen molar-refractivity contribution in [2.24, 2.45) is 0 Å². The largest absolute Gasteiger partial charge is 0.371 e. The third-order valence-corrected chi connectivity index (χ3v) is 6.12. The van der Waals surface area contributed by atoms with Crippen molar-refractivity contribution < 1.29 is 14.3 Å². The third kappa shape index (κ3) is 4.60. The Bertz CT molecular complexity index is 1110. The first-order valence-electron chi connectivity index (χ1n) is 11.0. The molecular weight excluding hydrogens is 427 g/mol. The number of hydrogen-bond acceptors (Lipinski definition) is 7. The molecule has 0 bridgehead atoms. The van der Waals surface area contributed by atoms with Crippen LogP contribution in [0.5, 0.6) is 0 Å². The van der Waals surface area contributed by atoms with E-state index in [1.54, 1.807) is 16.6 Å². The lowest BCUT2D eigenvalue weighted by Crippen LogP contribution is -2.50. The molecule has 2 aliphatic rings. The highest BCUT2D eigenvalue weighted by Gasteiger charge is 2.32. The molecule has 2 N–H and O–H groups in total. The van der Waals surface area contributed by atoms with Crippen LogP contribution in [0.2, 0.25) is 0 Å². The van der Waals surface area contributed by atoms with Gasteiger partial charge in [0.25, 0.3) is 5.91 Å². The van der Waals surface area contributed by atoms with Crippen LogP contribution in [0.1, 0.15) is 28.3 Å². The summed E-state index contributed by atoms with van der Waals surface area (Å²) in [4.78, 5) is 20.6. The highest BCUT2D eigenvalue weighted by atomic mass is 19.1. The Morgan fingerprint density at radius 3 is 2.76 bits per heavy atom. The predicted molar refractivity (Wildman–Crippen MR) is 118 cm³/mol. The molecule has 5 rings (SSSR count). The number of aryl methyl sites for hydroxylation is 1. The Morgan fingerprint density at radius 1 is 1.21 bits per heavy atom. The Balaban J connectivity index is 1.21. The molecule has 10 nitrogen and oxygen atoms in total. The van der Waals surface area contributed by atoms with Crippen LogP contribution in [-0.2, 0) is 19.6 Å². The second-order valence-electron chi connectivity index (χ2n) is 8.65. The number of hydrogen-bond donors (Lipinski definition) is 2. The van der Waals surface area contributed by atoms with Gasteiger partial charge in [-0.15, -0.1) is 5.10 Å². The second-order valence-corrected chi connectivity index (χ2v) is 8.65. The van der Waals surface area contributed by atoms with Crippen LogP contribution < -0.4 is 10.2 Å². The fraction of sp³-hybridized carbons (Fsp3) is 0.455. The van der Waals surface area contributed by atoms with Gasteiger partial charge in [0.15, 0.2) is 0 Å². The molecule has 1 fully saturated rings. The minimum atomic E-state index is -0.939. The summed E-state index contributed by atoms with van der Waals surface area (Å²) >= 11 is 0. The number of nitrogens with zero attached hydrogens (tertiary/aromatic N) is 7. The van der Waals surface area contributed by atoms with E-state index in [0.717, 1.165) is 17.1 Å². The van der Waals surface area contributed by atoms with Gasteiger partial charge in [-0.2, -0.15) is 5.10 Å². The number of fused-ring (bicyclic) bond motifs is 1. The maximum atomic E-state index is 13.1. The molecule has 33 heavy (non-hydrogen) atoms. The standard InChI is InChI=1S/C22H27FN8O2/c1-28-19-9-17(13-29-11-16(23)12-29)26-31(19)8-7-18(22(28)33)25-21(32)20-24-14-30(27-20)10-15-5-3-2-4-6-15/h2-6,9,14,16,18,22,33H,7-8,10-13H2,1H3,(H,25,32)/t18-,22?/m0/s1. The fourth-order valence-corrected chi connectivity index (χ4v) is 4.29. The van der Waals surface area contributed by atoms with E-state index in [2.05, 4.69) is 20.5 Å². The summed E-state index contributed by atoms with van der Waals surface area (Å²) in [6.07, 6.45) is 0.327. The SMILES string of the molecule is CN1c2cc(CN3CC(F)C3)nn2CC[C@H](NC(=O)c2ncn(Cc3ccccc3)n2)C1O. The molecule has 2 aromatic heterocycles. The van der Waals surface area contributed by atoms with Crippen LogP contribution in [0.4, 0.5) is 10.2 Å². The number of aliphatic hydroxyl groups excluding tert-OH is 1. The molecular formula is C22H27FN8O2. The number of likely N-dealkylation sites (tertiary alicyclic amines) is 1. The molecule has 1 aromatic carbocycles. The number of aromatic nitrogens is 5. The first kappa shape index (κ1) is 21.5. The molecule has 1 saturated heterocycles. The normalized spacial score (nSPS) is 21.4. The van der Waals surface area contributed by atoms with Crippen molar-refractivity contribution in [2.45, 2.75) is 44.5 Å². The lowest BCUT2D eigenvalue weighted by atomic mass is 10.1. The smallest absolute Gasteiger partial charge is 0.291 e. The van der Waals surface area contributed by atoms with Gasteiger partial charge >= 0.3 is 0 Å². The summed E-state index contributed by atoms with van der Waals surface area (Å²) in [6, 6.07) is 11.2. The number of rotatable bonds is 6. The average Bonchev–Trinajstić information content (AvgIpc) is 3.40. The van der Waals surface area contributed by atoms with Gasteiger partial charge in [-0.3, -0.25) is 9.69 Å². The molecule has 0 spiro atoms. The number of carbonyl (C=O) groups excluding carboxylic acids is 1. The molecule has 1 unspecified atom stereocenters. The lowest BCUT2D eigenvalue weighted by Gasteiger charge is -2.33. The van der Waals surface area contributed by atoms with Crippen LogP contribution in [0, 0.1) is 0 Å². The van der Waals surface area contributed by atoms with E-state index in [9.17, 15) is 14.3 Å². The zero-order chi connectivity index (χ0) is 22.9. The van der Waals surface area contributed by atoms with Crippen LogP contribution in [0.25, 0.3) is 0 Å². The molecule has 2 aliphatic heterocycles. The van der Waals surface area contributed by atoms with Crippen molar-refractivity contribution in [2.75, 3.05) is 25.0 Å². The molecule has 11 heteroatoms. The van der Waals surface area contributed by atoms with E-state index in [1.165, 1.54) is 6.33 Å².